The zero-order chi connectivity index (χ0) is 16.8. The molecular formula is C18H26N4O. The number of likely N-dealkylation sites (N-methyl/N-ethyl adjacent to an activating group) is 1. The summed E-state index contributed by atoms with van der Waals surface area (Å²) in [6, 6.07) is 9.83. The summed E-state index contributed by atoms with van der Waals surface area (Å²) in [6.45, 7) is 5.47. The van der Waals surface area contributed by atoms with E-state index in [1.807, 2.05) is 68.0 Å². The van der Waals surface area contributed by atoms with Crippen molar-refractivity contribution in [2.75, 3.05) is 20.6 Å². The molecule has 5 heteroatoms. The first-order valence-electron chi connectivity index (χ1n) is 7.98. The number of aromatic nitrogens is 2. The number of benzene rings is 1. The summed E-state index contributed by atoms with van der Waals surface area (Å²) in [5.74, 6) is 0.0391. The Kier molecular flexibility index (Phi) is 5.93. The van der Waals surface area contributed by atoms with Gasteiger partial charge in [0.25, 0.3) is 0 Å². The van der Waals surface area contributed by atoms with Gasteiger partial charge in [-0.15, -0.1) is 0 Å². The number of amides is 1. The van der Waals surface area contributed by atoms with E-state index < -0.39 is 0 Å². The molecule has 5 nitrogen and oxygen atoms in total. The van der Waals surface area contributed by atoms with E-state index in [0.29, 0.717) is 6.54 Å². The average Bonchev–Trinajstić information content (AvgIpc) is 2.89. The van der Waals surface area contributed by atoms with Crippen molar-refractivity contribution in [1.82, 2.24) is 20.0 Å². The van der Waals surface area contributed by atoms with Crippen molar-refractivity contribution >= 4 is 5.91 Å². The van der Waals surface area contributed by atoms with Gasteiger partial charge in [0.05, 0.1) is 5.69 Å². The van der Waals surface area contributed by atoms with Gasteiger partial charge < -0.3 is 5.32 Å². The number of nitrogens with one attached hydrogen (secondary N) is 1. The lowest BCUT2D eigenvalue weighted by Crippen LogP contribution is -2.37. The second-order valence-electron chi connectivity index (χ2n) is 6.15. The van der Waals surface area contributed by atoms with E-state index in [0.717, 1.165) is 29.8 Å². The maximum Gasteiger partial charge on any atom is 0.241 e. The van der Waals surface area contributed by atoms with Crippen LogP contribution in [0.1, 0.15) is 29.3 Å². The first-order chi connectivity index (χ1) is 11.0. The third kappa shape index (κ3) is 4.93. The highest BCUT2D eigenvalue weighted by Crippen LogP contribution is 2.19. The lowest BCUT2D eigenvalue weighted by molar-refractivity contribution is -0.125. The van der Waals surface area contributed by atoms with Crippen LogP contribution in [0.3, 0.4) is 0 Å². The predicted octanol–water partition coefficient (Wildman–Crippen LogP) is 2.31. The Morgan fingerprint density at radius 1 is 1.30 bits per heavy atom. The topological polar surface area (TPSA) is 50.2 Å². The summed E-state index contributed by atoms with van der Waals surface area (Å²) in [5.41, 5.74) is 3.20. The van der Waals surface area contributed by atoms with E-state index in [1.165, 1.54) is 0 Å². The average molecular weight is 314 g/mol. The van der Waals surface area contributed by atoms with Crippen molar-refractivity contribution in [1.29, 1.82) is 0 Å². The van der Waals surface area contributed by atoms with Crippen molar-refractivity contribution in [3.8, 4) is 0 Å². The number of hydrogen-bond acceptors (Lipinski definition) is 3. The van der Waals surface area contributed by atoms with Crippen molar-refractivity contribution in [2.24, 2.45) is 0 Å². The normalized spacial score (nSPS) is 12.4. The molecule has 23 heavy (non-hydrogen) atoms. The Hall–Kier alpha value is -2.14. The van der Waals surface area contributed by atoms with Crippen molar-refractivity contribution in [3.63, 3.8) is 0 Å². The van der Waals surface area contributed by atoms with Crippen LogP contribution in [0, 0.1) is 13.8 Å². The van der Waals surface area contributed by atoms with Gasteiger partial charge in [-0.25, -0.2) is 0 Å². The second-order valence-corrected chi connectivity index (χ2v) is 6.15. The minimum atomic E-state index is -0.262. The maximum absolute atomic E-state index is 12.5. The van der Waals surface area contributed by atoms with Crippen LogP contribution in [0.15, 0.2) is 36.5 Å². The van der Waals surface area contributed by atoms with Crippen LogP contribution in [-0.2, 0) is 11.3 Å². The molecule has 124 valence electrons. The Morgan fingerprint density at radius 3 is 2.70 bits per heavy atom. The summed E-state index contributed by atoms with van der Waals surface area (Å²) >= 11 is 0. The molecule has 0 aliphatic carbocycles. The van der Waals surface area contributed by atoms with Crippen LogP contribution in [-0.4, -0.2) is 41.2 Å². The zero-order valence-corrected chi connectivity index (χ0v) is 14.4. The molecule has 1 aromatic heterocycles. The van der Waals surface area contributed by atoms with E-state index in [9.17, 15) is 4.79 Å². The Labute approximate surface area is 138 Å². The van der Waals surface area contributed by atoms with Gasteiger partial charge in [0.1, 0.15) is 6.04 Å². The molecule has 0 saturated heterocycles. The Balaban J connectivity index is 1.88. The van der Waals surface area contributed by atoms with Crippen LogP contribution in [0.4, 0.5) is 0 Å². The third-order valence-electron chi connectivity index (χ3n) is 3.76. The van der Waals surface area contributed by atoms with Crippen molar-refractivity contribution in [3.05, 3.63) is 53.3 Å². The van der Waals surface area contributed by atoms with E-state index in [1.54, 1.807) is 0 Å². The van der Waals surface area contributed by atoms with Gasteiger partial charge in [-0.2, -0.15) is 5.10 Å². The van der Waals surface area contributed by atoms with E-state index in [4.69, 9.17) is 0 Å². The lowest BCUT2D eigenvalue weighted by Gasteiger charge is -2.24. The van der Waals surface area contributed by atoms with Gasteiger partial charge >= 0.3 is 0 Å². The largest absolute Gasteiger partial charge is 0.354 e. The van der Waals surface area contributed by atoms with Crippen LogP contribution in [0.25, 0.3) is 0 Å². The molecule has 0 aliphatic rings. The quantitative estimate of drug-likeness (QED) is 0.798. The number of aryl methyl sites for hydroxylation is 3. The first kappa shape index (κ1) is 17.2. The zero-order valence-electron chi connectivity index (χ0n) is 14.4. The molecule has 0 unspecified atom stereocenters. The molecule has 0 spiro atoms. The van der Waals surface area contributed by atoms with Crippen molar-refractivity contribution < 1.29 is 4.79 Å². The van der Waals surface area contributed by atoms with E-state index in [2.05, 4.69) is 16.5 Å². The number of nitrogens with zero attached hydrogens (tertiary/aromatic N) is 3. The second kappa shape index (κ2) is 7.92. The van der Waals surface area contributed by atoms with Crippen molar-refractivity contribution in [2.45, 2.75) is 32.9 Å². The van der Waals surface area contributed by atoms with Gasteiger partial charge in [0.15, 0.2) is 0 Å². The molecule has 1 heterocycles. The standard InChI is InChI=1S/C18H26N4O/c1-14-7-5-8-16(13-14)17(21(3)4)18(23)19-10-6-11-22-12-9-15(2)20-22/h5,7-9,12-13,17H,6,10-11H2,1-4H3,(H,19,23)/t17-/m1/s1. The lowest BCUT2D eigenvalue weighted by atomic mass is 10.0. The molecule has 2 aromatic rings. The summed E-state index contributed by atoms with van der Waals surface area (Å²) in [6.07, 6.45) is 2.83. The first-order valence-corrected chi connectivity index (χ1v) is 7.98. The molecule has 1 N–H and O–H groups in total. The summed E-state index contributed by atoms with van der Waals surface area (Å²) in [5, 5.41) is 7.38. The minimum Gasteiger partial charge on any atom is -0.354 e. The van der Waals surface area contributed by atoms with Crippen LogP contribution in [0.2, 0.25) is 0 Å². The van der Waals surface area contributed by atoms with Crippen LogP contribution >= 0.6 is 0 Å². The fraction of sp³-hybridized carbons (Fsp3) is 0.444. The van der Waals surface area contributed by atoms with Crippen LogP contribution < -0.4 is 5.32 Å². The molecule has 0 saturated carbocycles. The summed E-state index contributed by atoms with van der Waals surface area (Å²) < 4.78 is 1.91. The van der Waals surface area contributed by atoms with E-state index in [-0.39, 0.29) is 11.9 Å². The summed E-state index contributed by atoms with van der Waals surface area (Å²) in [4.78, 5) is 14.5. The molecule has 1 aromatic carbocycles. The molecule has 0 aliphatic heterocycles. The van der Waals surface area contributed by atoms with Crippen LogP contribution in [0.5, 0.6) is 0 Å². The molecular weight excluding hydrogens is 288 g/mol. The fourth-order valence-corrected chi connectivity index (χ4v) is 2.66. The van der Waals surface area contributed by atoms with Gasteiger partial charge in [-0.05, 0) is 46.0 Å². The smallest absolute Gasteiger partial charge is 0.241 e. The number of carbonyl (C=O) groups excluding carboxylic acids is 1. The molecule has 0 radical (unpaired) electrons. The summed E-state index contributed by atoms with van der Waals surface area (Å²) in [7, 11) is 3.86. The number of rotatable bonds is 7. The predicted molar refractivity (Wildman–Crippen MR) is 92.2 cm³/mol. The Morgan fingerprint density at radius 2 is 2.09 bits per heavy atom. The highest BCUT2D eigenvalue weighted by atomic mass is 16.2. The van der Waals surface area contributed by atoms with E-state index >= 15 is 0 Å². The van der Waals surface area contributed by atoms with Gasteiger partial charge in [0.2, 0.25) is 5.91 Å². The third-order valence-corrected chi connectivity index (χ3v) is 3.76. The molecule has 2 rings (SSSR count). The maximum atomic E-state index is 12.5. The molecule has 0 bridgehead atoms. The molecule has 1 atom stereocenters. The highest BCUT2D eigenvalue weighted by Gasteiger charge is 2.22. The SMILES string of the molecule is Cc1cccc([C@H](C(=O)NCCCn2ccc(C)n2)N(C)C)c1. The molecule has 1 amide bonds. The Bertz CT molecular complexity index is 648. The monoisotopic (exact) mass is 314 g/mol. The number of carbonyl (C=O) groups is 1. The van der Waals surface area contributed by atoms with Gasteiger partial charge in [-0.3, -0.25) is 14.4 Å². The molecule has 0 fully saturated rings. The van der Waals surface area contributed by atoms with Gasteiger partial charge in [-0.1, -0.05) is 29.8 Å². The van der Waals surface area contributed by atoms with Gasteiger partial charge in [0, 0.05) is 19.3 Å². The highest BCUT2D eigenvalue weighted by molar-refractivity contribution is 5.83. The fourth-order valence-electron chi connectivity index (χ4n) is 2.66. The number of hydrogen-bond donors (Lipinski definition) is 1. The minimum absolute atomic E-state index is 0.0391.